The zero-order chi connectivity index (χ0) is 24.7. The number of nitrogens with zero attached hydrogens (tertiary/aromatic N) is 4. The van der Waals surface area contributed by atoms with Gasteiger partial charge >= 0.3 is 0 Å². The Labute approximate surface area is 210 Å². The number of hydrogen-bond acceptors (Lipinski definition) is 7. The van der Waals surface area contributed by atoms with Crippen molar-refractivity contribution in [3.8, 4) is 0 Å². The van der Waals surface area contributed by atoms with Crippen molar-refractivity contribution in [1.82, 2.24) is 20.1 Å². The van der Waals surface area contributed by atoms with E-state index in [2.05, 4.69) is 25.5 Å². The molecule has 0 atom stereocenters. The van der Waals surface area contributed by atoms with Gasteiger partial charge in [-0.05, 0) is 88.3 Å². The topological polar surface area (TPSA) is 108 Å². The summed E-state index contributed by atoms with van der Waals surface area (Å²) in [6.07, 6.45) is 13.2. The lowest BCUT2D eigenvalue weighted by Crippen LogP contribution is -2.40. The number of aliphatic imine (C=N–C) groups is 1. The van der Waals surface area contributed by atoms with Crippen LogP contribution in [-0.4, -0.2) is 86.0 Å². The van der Waals surface area contributed by atoms with E-state index in [1.54, 1.807) is 24.2 Å². The Kier molecular flexibility index (Phi) is 12.2. The van der Waals surface area contributed by atoms with Crippen LogP contribution >= 0.6 is 0 Å². The van der Waals surface area contributed by atoms with E-state index in [1.165, 1.54) is 12.8 Å². The third-order valence-corrected chi connectivity index (χ3v) is 6.48. The number of unbranched alkanes of at least 4 members (excludes halogenated alkanes) is 1. The smallest absolute Gasteiger partial charge is 0.213 e. The molecule has 1 aliphatic carbocycles. The van der Waals surface area contributed by atoms with E-state index in [0.717, 1.165) is 76.3 Å². The number of aromatic nitrogens is 1. The van der Waals surface area contributed by atoms with E-state index in [1.807, 2.05) is 18.3 Å². The number of amidine groups is 1. The molecule has 4 N–H and O–H groups in total. The van der Waals surface area contributed by atoms with Gasteiger partial charge in [0.1, 0.15) is 11.7 Å². The van der Waals surface area contributed by atoms with E-state index in [0.29, 0.717) is 37.5 Å². The van der Waals surface area contributed by atoms with Gasteiger partial charge in [-0.3, -0.25) is 9.79 Å². The summed E-state index contributed by atoms with van der Waals surface area (Å²) < 4.78 is 5.72. The molecule has 2 aliphatic rings. The Morgan fingerprint density at radius 2 is 2.11 bits per heavy atom. The lowest BCUT2D eigenvalue weighted by molar-refractivity contribution is -0.116. The first-order valence-corrected chi connectivity index (χ1v) is 13.0. The number of nitrogens with two attached hydrogens (primary N) is 1. The van der Waals surface area contributed by atoms with E-state index >= 15 is 0 Å². The summed E-state index contributed by atoms with van der Waals surface area (Å²) in [7, 11) is 1.71. The minimum atomic E-state index is 0.362. The highest BCUT2D eigenvalue weighted by Crippen LogP contribution is 2.27. The predicted molar refractivity (Wildman–Crippen MR) is 141 cm³/mol. The van der Waals surface area contributed by atoms with Gasteiger partial charge in [0.2, 0.25) is 6.41 Å². The summed E-state index contributed by atoms with van der Waals surface area (Å²) in [5.74, 6) is 2.23. The molecule has 9 heteroatoms. The number of carbonyl (C=O) groups is 1. The highest BCUT2D eigenvalue weighted by atomic mass is 16.5. The molecule has 1 amide bonds. The Morgan fingerprint density at radius 1 is 1.29 bits per heavy atom. The lowest BCUT2D eigenvalue weighted by Gasteiger charge is -2.30. The predicted octanol–water partition coefficient (Wildman–Crippen LogP) is 2.21. The van der Waals surface area contributed by atoms with Gasteiger partial charge in [-0.1, -0.05) is 6.07 Å². The molecule has 1 saturated carbocycles. The van der Waals surface area contributed by atoms with Gasteiger partial charge in [0, 0.05) is 38.6 Å². The number of carbonyl (C=O) groups excluding carboxylic acids is 1. The summed E-state index contributed by atoms with van der Waals surface area (Å²) in [6, 6.07) is 4.27. The monoisotopic (exact) mass is 485 g/mol. The average Bonchev–Trinajstić information content (AvgIpc) is 3.71. The van der Waals surface area contributed by atoms with Gasteiger partial charge in [-0.15, -0.1) is 0 Å². The Morgan fingerprint density at radius 3 is 2.80 bits per heavy atom. The molecule has 194 valence electrons. The first kappa shape index (κ1) is 27.3. The molecular weight excluding hydrogens is 442 g/mol. The lowest BCUT2D eigenvalue weighted by atomic mass is 10.1. The highest BCUT2D eigenvalue weighted by Gasteiger charge is 2.19. The number of rotatable bonds is 16. The van der Waals surface area contributed by atoms with Gasteiger partial charge < -0.3 is 30.9 Å². The van der Waals surface area contributed by atoms with Crippen molar-refractivity contribution in [3.63, 3.8) is 0 Å². The summed E-state index contributed by atoms with van der Waals surface area (Å²) in [4.78, 5) is 24.3. The molecule has 1 aromatic heterocycles. The summed E-state index contributed by atoms with van der Waals surface area (Å²) in [5.41, 5.74) is 7.00. The molecule has 0 unspecified atom stereocenters. The Bertz CT molecular complexity index is 787. The van der Waals surface area contributed by atoms with Crippen molar-refractivity contribution < 1.29 is 9.53 Å². The normalized spacial score (nSPS) is 17.7. The van der Waals surface area contributed by atoms with Crippen LogP contribution in [0.2, 0.25) is 0 Å². The number of amides is 1. The van der Waals surface area contributed by atoms with Gasteiger partial charge in [0.05, 0.1) is 13.2 Å². The van der Waals surface area contributed by atoms with Crippen LogP contribution in [0.5, 0.6) is 0 Å². The van der Waals surface area contributed by atoms with Crippen LogP contribution in [0, 0.1) is 5.92 Å². The largest absolute Gasteiger partial charge is 0.375 e. The maximum atomic E-state index is 11.5. The van der Waals surface area contributed by atoms with E-state index in [4.69, 9.17) is 10.5 Å². The van der Waals surface area contributed by atoms with Crippen LogP contribution in [0.1, 0.15) is 44.1 Å². The van der Waals surface area contributed by atoms with Gasteiger partial charge in [-0.2, -0.15) is 0 Å². The molecule has 2 fully saturated rings. The number of pyridine rings is 1. The molecule has 1 aromatic rings. The second-order valence-corrected chi connectivity index (χ2v) is 9.53. The van der Waals surface area contributed by atoms with Gasteiger partial charge in [0.15, 0.2) is 0 Å². The van der Waals surface area contributed by atoms with Crippen LogP contribution in [0.4, 0.5) is 5.82 Å². The molecule has 0 bridgehead atoms. The Balaban J connectivity index is 1.31. The standard InChI is InChI=1S/C26H43N7O2/c1-28-25(10-16-33(21-34)13-3-2-12-32-14-8-24(27)9-15-32)31-26-7-6-23(19-30-26)20-35-17-11-29-18-22-4-5-22/h6-7,10,16,19,21-22,24,29H,2-5,8-9,11-15,17-18,20,27H2,1H3,(H,28,30,31)/b16-10-. The van der Waals surface area contributed by atoms with Crippen molar-refractivity contribution in [2.45, 2.75) is 51.2 Å². The van der Waals surface area contributed by atoms with Crippen molar-refractivity contribution in [1.29, 1.82) is 0 Å². The molecule has 0 spiro atoms. The minimum Gasteiger partial charge on any atom is -0.375 e. The molecular formula is C26H43N7O2. The third kappa shape index (κ3) is 11.3. The van der Waals surface area contributed by atoms with Crippen molar-refractivity contribution in [2.75, 3.05) is 58.2 Å². The van der Waals surface area contributed by atoms with E-state index < -0.39 is 0 Å². The number of likely N-dealkylation sites (tertiary alicyclic amines) is 1. The van der Waals surface area contributed by atoms with Crippen LogP contribution in [0.25, 0.3) is 0 Å². The van der Waals surface area contributed by atoms with Gasteiger partial charge in [-0.25, -0.2) is 4.98 Å². The second kappa shape index (κ2) is 15.6. The van der Waals surface area contributed by atoms with Crippen LogP contribution in [0.3, 0.4) is 0 Å². The molecule has 1 saturated heterocycles. The fourth-order valence-electron chi connectivity index (χ4n) is 3.98. The molecule has 1 aliphatic heterocycles. The maximum absolute atomic E-state index is 11.5. The zero-order valence-corrected chi connectivity index (χ0v) is 21.2. The summed E-state index contributed by atoms with van der Waals surface area (Å²) in [6.45, 7) is 7.17. The molecule has 35 heavy (non-hydrogen) atoms. The highest BCUT2D eigenvalue weighted by molar-refractivity contribution is 6.03. The third-order valence-electron chi connectivity index (χ3n) is 6.48. The number of anilines is 1. The molecule has 0 radical (unpaired) electrons. The van der Waals surface area contributed by atoms with Crippen molar-refractivity contribution in [2.24, 2.45) is 16.6 Å². The van der Waals surface area contributed by atoms with E-state index in [9.17, 15) is 4.79 Å². The second-order valence-electron chi connectivity index (χ2n) is 9.53. The number of ether oxygens (including phenoxy) is 1. The van der Waals surface area contributed by atoms with Crippen molar-refractivity contribution in [3.05, 3.63) is 36.2 Å². The maximum Gasteiger partial charge on any atom is 0.213 e. The fraction of sp³-hybridized carbons (Fsp3) is 0.654. The fourth-order valence-corrected chi connectivity index (χ4v) is 3.98. The zero-order valence-electron chi connectivity index (χ0n) is 21.2. The molecule has 0 aromatic carbocycles. The SMILES string of the molecule is CN=C(/C=C\N(C=O)CCCCN1CCC(N)CC1)Nc1ccc(COCCNCC2CC2)cn1. The molecule has 9 nitrogen and oxygen atoms in total. The molecule has 2 heterocycles. The first-order valence-electron chi connectivity index (χ1n) is 13.0. The quantitative estimate of drug-likeness (QED) is 0.143. The number of piperidine rings is 1. The summed E-state index contributed by atoms with van der Waals surface area (Å²) >= 11 is 0. The van der Waals surface area contributed by atoms with Crippen LogP contribution in [0.15, 0.2) is 35.6 Å². The molecule has 3 rings (SSSR count). The Hall–Kier alpha value is -2.33. The van der Waals surface area contributed by atoms with E-state index in [-0.39, 0.29) is 0 Å². The summed E-state index contributed by atoms with van der Waals surface area (Å²) in [5, 5.41) is 6.61. The van der Waals surface area contributed by atoms with Crippen LogP contribution < -0.4 is 16.4 Å². The number of nitrogens with one attached hydrogen (secondary N) is 2. The first-order chi connectivity index (χ1) is 17.2. The number of hydrogen-bond donors (Lipinski definition) is 3. The van der Waals surface area contributed by atoms with Crippen LogP contribution in [-0.2, 0) is 16.1 Å². The van der Waals surface area contributed by atoms with Crippen molar-refractivity contribution >= 4 is 18.1 Å². The average molecular weight is 486 g/mol. The van der Waals surface area contributed by atoms with Gasteiger partial charge in [0.25, 0.3) is 0 Å². The minimum absolute atomic E-state index is 0.362.